The number of carbonyl (C=O) groups excluding carboxylic acids is 2. The number of amides is 3. The first-order chi connectivity index (χ1) is 13.3. The van der Waals surface area contributed by atoms with Crippen LogP contribution in [0.3, 0.4) is 0 Å². The second kappa shape index (κ2) is 7.54. The molecule has 1 heterocycles. The number of carbonyl (C=O) groups is 2. The van der Waals surface area contributed by atoms with Crippen LogP contribution in [0.15, 0.2) is 42.5 Å². The van der Waals surface area contributed by atoms with E-state index in [1.165, 1.54) is 10.5 Å². The lowest BCUT2D eigenvalue weighted by Gasteiger charge is -2.23. The molecular weight excluding hydrogens is 356 g/mol. The molecule has 0 aromatic heterocycles. The first-order valence-corrected chi connectivity index (χ1v) is 9.25. The van der Waals surface area contributed by atoms with Crippen molar-refractivity contribution in [1.29, 1.82) is 0 Å². The Morgan fingerprint density at radius 2 is 1.71 bits per heavy atom. The number of ether oxygens (including phenoxy) is 2. The quantitative estimate of drug-likeness (QED) is 0.772. The number of benzene rings is 2. The third-order valence-corrected chi connectivity index (χ3v) is 5.25. The number of nitrogens with zero attached hydrogens (tertiary/aromatic N) is 1. The lowest BCUT2D eigenvalue weighted by molar-refractivity contribution is -0.131. The normalized spacial score (nSPS) is 19.1. The smallest absolute Gasteiger partial charge is 0.325 e. The maximum atomic E-state index is 13.2. The van der Waals surface area contributed by atoms with Crippen LogP contribution in [0, 0.1) is 0 Å². The van der Waals surface area contributed by atoms with E-state index in [9.17, 15) is 9.59 Å². The number of methoxy groups -OCH3 is 2. The molecule has 1 aliphatic rings. The van der Waals surface area contributed by atoms with Gasteiger partial charge in [0, 0.05) is 5.56 Å². The summed E-state index contributed by atoms with van der Waals surface area (Å²) in [5.74, 6) is 1.33. The number of urea groups is 1. The Bertz CT molecular complexity index is 892. The molecule has 6 heteroatoms. The molecule has 6 nitrogen and oxygen atoms in total. The Labute approximate surface area is 165 Å². The molecule has 0 aliphatic carbocycles. The minimum atomic E-state index is -1.10. The predicted molar refractivity (Wildman–Crippen MR) is 107 cm³/mol. The van der Waals surface area contributed by atoms with Crippen LogP contribution in [-0.2, 0) is 16.9 Å². The maximum absolute atomic E-state index is 13.2. The fourth-order valence-electron chi connectivity index (χ4n) is 3.41. The van der Waals surface area contributed by atoms with Gasteiger partial charge in [-0.2, -0.15) is 0 Å². The molecule has 0 unspecified atom stereocenters. The number of hydrogen-bond acceptors (Lipinski definition) is 4. The molecule has 2 aromatic rings. The van der Waals surface area contributed by atoms with E-state index >= 15 is 0 Å². The summed E-state index contributed by atoms with van der Waals surface area (Å²) in [5.41, 5.74) is 1.54. The number of nitrogens with one attached hydrogen (secondary N) is 1. The number of rotatable bonds is 6. The van der Waals surface area contributed by atoms with Gasteiger partial charge < -0.3 is 14.8 Å². The van der Waals surface area contributed by atoms with Gasteiger partial charge in [0.2, 0.25) is 0 Å². The van der Waals surface area contributed by atoms with Gasteiger partial charge in [0.15, 0.2) is 0 Å². The molecule has 1 N–H and O–H groups in total. The summed E-state index contributed by atoms with van der Waals surface area (Å²) in [7, 11) is 3.12. The molecule has 1 fully saturated rings. The van der Waals surface area contributed by atoms with Crippen molar-refractivity contribution in [2.24, 2.45) is 0 Å². The van der Waals surface area contributed by atoms with E-state index in [1.807, 2.05) is 24.3 Å². The zero-order chi connectivity index (χ0) is 20.5. The van der Waals surface area contributed by atoms with Crippen LogP contribution in [-0.4, -0.2) is 31.1 Å². The molecule has 28 heavy (non-hydrogen) atoms. The Morgan fingerprint density at radius 3 is 2.29 bits per heavy atom. The first kappa shape index (κ1) is 19.7. The van der Waals surface area contributed by atoms with Crippen LogP contribution in [0.25, 0.3) is 0 Å². The van der Waals surface area contributed by atoms with Gasteiger partial charge in [-0.15, -0.1) is 0 Å². The molecule has 2 aromatic carbocycles. The van der Waals surface area contributed by atoms with Gasteiger partial charge in [-0.25, -0.2) is 4.79 Å². The summed E-state index contributed by atoms with van der Waals surface area (Å²) < 4.78 is 10.6. The fraction of sp³-hybridized carbons (Fsp3) is 0.364. The zero-order valence-corrected chi connectivity index (χ0v) is 16.9. The molecular formula is C22H26N2O4. The van der Waals surface area contributed by atoms with E-state index < -0.39 is 11.6 Å². The van der Waals surface area contributed by atoms with Gasteiger partial charge in [0.25, 0.3) is 5.91 Å². The third-order valence-electron chi connectivity index (χ3n) is 5.25. The average molecular weight is 382 g/mol. The van der Waals surface area contributed by atoms with Crippen LogP contribution in [0.4, 0.5) is 4.79 Å². The summed E-state index contributed by atoms with van der Waals surface area (Å²) in [4.78, 5) is 27.0. The van der Waals surface area contributed by atoms with Gasteiger partial charge in [0.05, 0.1) is 20.8 Å². The molecule has 1 atom stereocenters. The van der Waals surface area contributed by atoms with Gasteiger partial charge in [-0.3, -0.25) is 9.69 Å². The Kier molecular flexibility index (Phi) is 5.31. The number of hydrogen-bond donors (Lipinski definition) is 1. The Hall–Kier alpha value is -3.02. The van der Waals surface area contributed by atoms with Gasteiger partial charge in [-0.05, 0) is 42.2 Å². The molecule has 0 bridgehead atoms. The van der Waals surface area contributed by atoms with Crippen LogP contribution >= 0.6 is 0 Å². The van der Waals surface area contributed by atoms with Gasteiger partial charge >= 0.3 is 6.03 Å². The zero-order valence-electron chi connectivity index (χ0n) is 16.9. The van der Waals surface area contributed by atoms with E-state index in [2.05, 4.69) is 19.2 Å². The number of imide groups is 1. The second-order valence-corrected chi connectivity index (χ2v) is 7.40. The highest BCUT2D eigenvalue weighted by Crippen LogP contribution is 2.33. The van der Waals surface area contributed by atoms with Gasteiger partial charge in [0.1, 0.15) is 17.0 Å². The van der Waals surface area contributed by atoms with Crippen molar-refractivity contribution in [2.75, 3.05) is 14.2 Å². The summed E-state index contributed by atoms with van der Waals surface area (Å²) in [6.07, 6.45) is 0. The molecule has 3 amide bonds. The van der Waals surface area contributed by atoms with E-state index in [0.29, 0.717) is 23.0 Å². The second-order valence-electron chi connectivity index (χ2n) is 7.40. The lowest BCUT2D eigenvalue weighted by atomic mass is 9.90. The van der Waals surface area contributed by atoms with Crippen LogP contribution in [0.5, 0.6) is 11.5 Å². The van der Waals surface area contributed by atoms with Crippen molar-refractivity contribution in [1.82, 2.24) is 10.2 Å². The summed E-state index contributed by atoms with van der Waals surface area (Å²) in [6, 6.07) is 12.7. The van der Waals surface area contributed by atoms with Crippen LogP contribution in [0.1, 0.15) is 43.4 Å². The molecule has 0 radical (unpaired) electrons. The summed E-state index contributed by atoms with van der Waals surface area (Å²) >= 11 is 0. The highest BCUT2D eigenvalue weighted by molar-refractivity contribution is 6.07. The van der Waals surface area contributed by atoms with E-state index in [-0.39, 0.29) is 12.5 Å². The molecule has 1 saturated heterocycles. The van der Waals surface area contributed by atoms with E-state index in [4.69, 9.17) is 9.47 Å². The third kappa shape index (κ3) is 3.42. The monoisotopic (exact) mass is 382 g/mol. The van der Waals surface area contributed by atoms with Gasteiger partial charge in [-0.1, -0.05) is 38.1 Å². The Balaban J connectivity index is 1.89. The maximum Gasteiger partial charge on any atom is 0.325 e. The minimum Gasteiger partial charge on any atom is -0.497 e. The Morgan fingerprint density at radius 1 is 1.04 bits per heavy atom. The highest BCUT2D eigenvalue weighted by atomic mass is 16.5. The van der Waals surface area contributed by atoms with Crippen LogP contribution < -0.4 is 14.8 Å². The average Bonchev–Trinajstić information content (AvgIpc) is 2.92. The molecule has 0 saturated carbocycles. The first-order valence-electron chi connectivity index (χ1n) is 9.25. The highest BCUT2D eigenvalue weighted by Gasteiger charge is 2.49. The van der Waals surface area contributed by atoms with Crippen molar-refractivity contribution in [3.05, 3.63) is 59.2 Å². The topological polar surface area (TPSA) is 67.9 Å². The van der Waals surface area contributed by atoms with E-state index in [0.717, 1.165) is 5.56 Å². The van der Waals surface area contributed by atoms with Crippen molar-refractivity contribution < 1.29 is 19.1 Å². The SMILES string of the molecule is COc1ccc(OC)c(CN2C(=O)N[C@@](C)(c3ccc(C(C)C)cc3)C2=O)c1. The molecule has 1 aliphatic heterocycles. The fourth-order valence-corrected chi connectivity index (χ4v) is 3.41. The summed E-state index contributed by atoms with van der Waals surface area (Å²) in [6.45, 7) is 6.07. The predicted octanol–water partition coefficient (Wildman–Crippen LogP) is 3.79. The molecule has 148 valence electrons. The summed E-state index contributed by atoms with van der Waals surface area (Å²) in [5, 5.41) is 2.85. The standard InChI is InChI=1S/C22H26N2O4/c1-14(2)15-6-8-17(9-7-15)22(3)20(25)24(21(26)23-22)13-16-12-18(27-4)10-11-19(16)28-5/h6-12,14H,13H2,1-5H3,(H,23,26)/t22-/m0/s1. The van der Waals surface area contributed by atoms with Crippen molar-refractivity contribution in [3.8, 4) is 11.5 Å². The van der Waals surface area contributed by atoms with Crippen molar-refractivity contribution >= 4 is 11.9 Å². The van der Waals surface area contributed by atoms with E-state index in [1.54, 1.807) is 39.3 Å². The van der Waals surface area contributed by atoms with Crippen LogP contribution in [0.2, 0.25) is 0 Å². The largest absolute Gasteiger partial charge is 0.497 e. The molecule has 3 rings (SSSR count). The lowest BCUT2D eigenvalue weighted by Crippen LogP contribution is -2.40. The molecule has 0 spiro atoms. The van der Waals surface area contributed by atoms with Crippen molar-refractivity contribution in [2.45, 2.75) is 38.8 Å². The minimum absolute atomic E-state index is 0.102. The van der Waals surface area contributed by atoms with Crippen molar-refractivity contribution in [3.63, 3.8) is 0 Å².